The molecule has 3 rings (SSSR count). The molecule has 6 nitrogen and oxygen atoms in total. The molecule has 0 saturated carbocycles. The molecule has 2 amide bonds. The SMILES string of the molecule is Cc1cnc(NC(=O)N(C)CC2(O)CCN(Cc3ccccc3)C2)s1. The number of hydrogen-bond acceptors (Lipinski definition) is 5. The zero-order valence-electron chi connectivity index (χ0n) is 14.6. The number of aromatic nitrogens is 1. The lowest BCUT2D eigenvalue weighted by atomic mass is 10.0. The second-order valence-electron chi connectivity index (χ2n) is 6.73. The summed E-state index contributed by atoms with van der Waals surface area (Å²) in [4.78, 5) is 21.2. The van der Waals surface area contributed by atoms with Crippen molar-refractivity contribution in [2.24, 2.45) is 0 Å². The van der Waals surface area contributed by atoms with E-state index in [1.54, 1.807) is 13.2 Å². The minimum absolute atomic E-state index is 0.246. The first-order chi connectivity index (χ1) is 11.9. The zero-order valence-corrected chi connectivity index (χ0v) is 15.4. The van der Waals surface area contributed by atoms with Crippen molar-refractivity contribution in [3.63, 3.8) is 0 Å². The second-order valence-corrected chi connectivity index (χ2v) is 7.97. The van der Waals surface area contributed by atoms with Gasteiger partial charge >= 0.3 is 6.03 Å². The standard InChI is InChI=1S/C18H24N4O2S/c1-14-10-19-16(25-14)20-17(23)21(2)12-18(24)8-9-22(13-18)11-15-6-4-3-5-7-15/h3-7,10,24H,8-9,11-13H2,1-2H3,(H,19,20,23). The number of β-amino-alcohol motifs (C(OH)–C–C–N with tert-alkyl or cyclic N) is 1. The summed E-state index contributed by atoms with van der Waals surface area (Å²) in [5.74, 6) is 0. The van der Waals surface area contributed by atoms with Crippen LogP contribution in [0.2, 0.25) is 0 Å². The van der Waals surface area contributed by atoms with Gasteiger partial charge in [0.05, 0.1) is 12.1 Å². The second kappa shape index (κ2) is 7.51. The molecule has 1 saturated heterocycles. The maximum absolute atomic E-state index is 12.3. The van der Waals surface area contributed by atoms with Gasteiger partial charge in [0.15, 0.2) is 5.13 Å². The number of likely N-dealkylation sites (tertiary alicyclic amines) is 1. The van der Waals surface area contributed by atoms with Crippen LogP contribution in [0.5, 0.6) is 0 Å². The molecule has 1 unspecified atom stereocenters. The van der Waals surface area contributed by atoms with E-state index in [0.29, 0.717) is 24.6 Å². The van der Waals surface area contributed by atoms with Gasteiger partial charge in [0.1, 0.15) is 0 Å². The maximum Gasteiger partial charge on any atom is 0.323 e. The van der Waals surface area contributed by atoms with E-state index in [1.807, 2.05) is 25.1 Å². The molecule has 1 atom stereocenters. The highest BCUT2D eigenvalue weighted by Crippen LogP contribution is 2.24. The van der Waals surface area contributed by atoms with Crippen molar-refractivity contribution in [2.75, 3.05) is 32.0 Å². The molecule has 7 heteroatoms. The first-order valence-corrected chi connectivity index (χ1v) is 9.18. The summed E-state index contributed by atoms with van der Waals surface area (Å²) in [6.45, 7) is 4.45. The Bertz CT molecular complexity index is 721. The van der Waals surface area contributed by atoms with E-state index in [4.69, 9.17) is 0 Å². The van der Waals surface area contributed by atoms with Crippen LogP contribution in [0.1, 0.15) is 16.9 Å². The molecule has 2 N–H and O–H groups in total. The van der Waals surface area contributed by atoms with E-state index in [-0.39, 0.29) is 6.03 Å². The van der Waals surface area contributed by atoms with Gasteiger partial charge in [0.2, 0.25) is 0 Å². The summed E-state index contributed by atoms with van der Waals surface area (Å²) in [7, 11) is 1.70. The van der Waals surface area contributed by atoms with E-state index in [0.717, 1.165) is 18.0 Å². The van der Waals surface area contributed by atoms with Crippen LogP contribution in [0.4, 0.5) is 9.93 Å². The summed E-state index contributed by atoms with van der Waals surface area (Å²) in [5.41, 5.74) is 0.358. The van der Waals surface area contributed by atoms with E-state index in [1.165, 1.54) is 21.8 Å². The van der Waals surface area contributed by atoms with Crippen molar-refractivity contribution in [2.45, 2.75) is 25.5 Å². The minimum atomic E-state index is -0.875. The number of urea groups is 1. The molecule has 1 aliphatic rings. The summed E-state index contributed by atoms with van der Waals surface area (Å²) in [6.07, 6.45) is 2.39. The van der Waals surface area contributed by atoms with Gasteiger partial charge in [-0.15, -0.1) is 11.3 Å². The number of likely N-dealkylation sites (N-methyl/N-ethyl adjacent to an activating group) is 1. The molecule has 0 radical (unpaired) electrons. The molecular weight excluding hydrogens is 336 g/mol. The smallest absolute Gasteiger partial charge is 0.323 e. The average Bonchev–Trinajstić information content (AvgIpc) is 3.14. The normalized spacial score (nSPS) is 20.6. The Labute approximate surface area is 152 Å². The Morgan fingerprint density at radius 2 is 2.20 bits per heavy atom. The fraction of sp³-hybridized carbons (Fsp3) is 0.444. The van der Waals surface area contributed by atoms with Crippen molar-refractivity contribution in [3.8, 4) is 0 Å². The lowest BCUT2D eigenvalue weighted by molar-refractivity contribution is 0.0275. The van der Waals surface area contributed by atoms with E-state index in [9.17, 15) is 9.90 Å². The largest absolute Gasteiger partial charge is 0.387 e. The average molecular weight is 360 g/mol. The number of nitrogens with zero attached hydrogens (tertiary/aromatic N) is 3. The van der Waals surface area contributed by atoms with Gasteiger partial charge in [-0.05, 0) is 18.9 Å². The van der Waals surface area contributed by atoms with Gasteiger partial charge in [-0.25, -0.2) is 9.78 Å². The summed E-state index contributed by atoms with van der Waals surface area (Å²) >= 11 is 1.44. The van der Waals surface area contributed by atoms with Crippen molar-refractivity contribution in [1.82, 2.24) is 14.8 Å². The van der Waals surface area contributed by atoms with Gasteiger partial charge in [-0.2, -0.15) is 0 Å². The Morgan fingerprint density at radius 3 is 2.88 bits per heavy atom. The molecule has 1 aliphatic heterocycles. The number of aryl methyl sites for hydroxylation is 1. The predicted octanol–water partition coefficient (Wildman–Crippen LogP) is 2.55. The molecule has 1 aromatic heterocycles. The number of benzene rings is 1. The fourth-order valence-corrected chi connectivity index (χ4v) is 3.81. The summed E-state index contributed by atoms with van der Waals surface area (Å²) < 4.78 is 0. The third kappa shape index (κ3) is 4.78. The van der Waals surface area contributed by atoms with Gasteiger partial charge in [-0.1, -0.05) is 30.3 Å². The summed E-state index contributed by atoms with van der Waals surface area (Å²) in [6, 6.07) is 9.98. The summed E-state index contributed by atoms with van der Waals surface area (Å²) in [5, 5.41) is 14.2. The fourth-order valence-electron chi connectivity index (χ4n) is 3.16. The highest BCUT2D eigenvalue weighted by Gasteiger charge is 2.37. The number of thiazole rings is 1. The number of rotatable bonds is 5. The monoisotopic (exact) mass is 360 g/mol. The highest BCUT2D eigenvalue weighted by molar-refractivity contribution is 7.15. The highest BCUT2D eigenvalue weighted by atomic mass is 32.1. The molecule has 0 aliphatic carbocycles. The van der Waals surface area contributed by atoms with Crippen molar-refractivity contribution >= 4 is 22.5 Å². The number of amides is 2. The lowest BCUT2D eigenvalue weighted by Gasteiger charge is -2.29. The van der Waals surface area contributed by atoms with Crippen molar-refractivity contribution in [1.29, 1.82) is 0 Å². The van der Waals surface area contributed by atoms with Crippen molar-refractivity contribution < 1.29 is 9.90 Å². The number of carbonyl (C=O) groups is 1. The number of hydrogen-bond donors (Lipinski definition) is 2. The third-order valence-electron chi connectivity index (χ3n) is 4.37. The van der Waals surface area contributed by atoms with Crippen LogP contribution < -0.4 is 5.32 Å². The van der Waals surface area contributed by atoms with Crippen LogP contribution in [0.25, 0.3) is 0 Å². The van der Waals surface area contributed by atoms with Crippen LogP contribution in [0, 0.1) is 6.92 Å². The van der Waals surface area contributed by atoms with Crippen LogP contribution in [0.15, 0.2) is 36.5 Å². The molecule has 2 heterocycles. The molecule has 0 bridgehead atoms. The topological polar surface area (TPSA) is 68.7 Å². The van der Waals surface area contributed by atoms with E-state index in [2.05, 4.69) is 27.3 Å². The van der Waals surface area contributed by atoms with Crippen LogP contribution in [-0.2, 0) is 6.54 Å². The van der Waals surface area contributed by atoms with Gasteiger partial charge in [-0.3, -0.25) is 10.2 Å². The number of aliphatic hydroxyl groups is 1. The molecule has 1 aromatic carbocycles. The van der Waals surface area contributed by atoms with Crippen LogP contribution in [-0.4, -0.2) is 58.2 Å². The molecular formula is C18H24N4O2S. The molecule has 2 aromatic rings. The van der Waals surface area contributed by atoms with E-state index >= 15 is 0 Å². The van der Waals surface area contributed by atoms with Gasteiger partial charge in [0, 0.05) is 37.8 Å². The van der Waals surface area contributed by atoms with Crippen molar-refractivity contribution in [3.05, 3.63) is 47.0 Å². The maximum atomic E-state index is 12.3. The van der Waals surface area contributed by atoms with Gasteiger partial charge < -0.3 is 10.0 Å². The Balaban J connectivity index is 1.52. The number of carbonyl (C=O) groups excluding carboxylic acids is 1. The molecule has 1 fully saturated rings. The lowest BCUT2D eigenvalue weighted by Crippen LogP contribution is -2.46. The van der Waals surface area contributed by atoms with E-state index < -0.39 is 5.60 Å². The van der Waals surface area contributed by atoms with Gasteiger partial charge in [0.25, 0.3) is 0 Å². The number of anilines is 1. The number of nitrogens with one attached hydrogen (secondary N) is 1. The Morgan fingerprint density at radius 1 is 1.44 bits per heavy atom. The molecule has 134 valence electrons. The van der Waals surface area contributed by atoms with Crippen LogP contribution >= 0.6 is 11.3 Å². The first-order valence-electron chi connectivity index (χ1n) is 8.37. The first kappa shape index (κ1) is 17.8. The third-order valence-corrected chi connectivity index (χ3v) is 5.20. The Hall–Kier alpha value is -1.96. The van der Waals surface area contributed by atoms with Crippen LogP contribution in [0.3, 0.4) is 0 Å². The molecule has 0 spiro atoms. The quantitative estimate of drug-likeness (QED) is 0.860. The molecule has 25 heavy (non-hydrogen) atoms. The predicted molar refractivity (Wildman–Crippen MR) is 99.8 cm³/mol. The minimum Gasteiger partial charge on any atom is -0.387 e. The Kier molecular flexibility index (Phi) is 5.36. The zero-order chi connectivity index (χ0) is 17.9.